The zero-order valence-electron chi connectivity index (χ0n) is 6.33. The quantitative estimate of drug-likeness (QED) is 0.377. The average Bonchev–Trinajstić information content (AvgIpc) is 2.17. The molecule has 0 N–H and O–H groups in total. The molecule has 0 bridgehead atoms. The number of nitrogens with zero attached hydrogens (tertiary/aromatic N) is 2. The fraction of sp³-hybridized carbons (Fsp3) is 0.500. The number of carbonyl (C=O) groups is 3. The van der Waals surface area contributed by atoms with Gasteiger partial charge >= 0.3 is 17.8 Å². The van der Waals surface area contributed by atoms with Crippen LogP contribution in [-0.4, -0.2) is 41.2 Å². The van der Waals surface area contributed by atoms with Crippen molar-refractivity contribution >= 4 is 17.8 Å². The molecule has 1 aliphatic heterocycles. The van der Waals surface area contributed by atoms with E-state index in [1.807, 2.05) is 0 Å². The number of likely N-dealkylation sites (N-methyl/N-ethyl adjacent to an activating group) is 2. The van der Waals surface area contributed by atoms with Gasteiger partial charge in [-0.05, 0) is 6.92 Å². The van der Waals surface area contributed by atoms with Gasteiger partial charge in [0.25, 0.3) is 0 Å². The standard InChI is InChI=1S/C6H8N2O3/c1-3-8-5(10)4(9)7(2)6(8)11/h3H2,1-2H3. The molecule has 0 spiro atoms. The van der Waals surface area contributed by atoms with E-state index in [1.54, 1.807) is 6.92 Å². The molecule has 5 nitrogen and oxygen atoms in total. The summed E-state index contributed by atoms with van der Waals surface area (Å²) >= 11 is 0. The summed E-state index contributed by atoms with van der Waals surface area (Å²) in [5, 5.41) is 0. The van der Waals surface area contributed by atoms with Crippen LogP contribution in [0.1, 0.15) is 6.92 Å². The molecule has 1 fully saturated rings. The largest absolute Gasteiger partial charge is 0.333 e. The first kappa shape index (κ1) is 7.71. The average molecular weight is 156 g/mol. The Morgan fingerprint density at radius 1 is 1.18 bits per heavy atom. The van der Waals surface area contributed by atoms with Crippen molar-refractivity contribution in [3.63, 3.8) is 0 Å². The molecule has 1 heterocycles. The summed E-state index contributed by atoms with van der Waals surface area (Å²) < 4.78 is 0. The van der Waals surface area contributed by atoms with E-state index in [-0.39, 0.29) is 6.54 Å². The third-order valence-electron chi connectivity index (χ3n) is 1.57. The smallest absolute Gasteiger partial charge is 0.263 e. The van der Waals surface area contributed by atoms with Crippen LogP contribution in [0.25, 0.3) is 0 Å². The Morgan fingerprint density at radius 3 is 1.91 bits per heavy atom. The second-order valence-electron chi connectivity index (χ2n) is 2.20. The molecule has 0 aromatic rings. The highest BCUT2D eigenvalue weighted by atomic mass is 16.2. The van der Waals surface area contributed by atoms with E-state index in [9.17, 15) is 14.4 Å². The van der Waals surface area contributed by atoms with Crippen molar-refractivity contribution in [1.29, 1.82) is 0 Å². The highest BCUT2D eigenvalue weighted by Gasteiger charge is 2.40. The van der Waals surface area contributed by atoms with Gasteiger partial charge in [-0.1, -0.05) is 0 Å². The maximum absolute atomic E-state index is 11.0. The summed E-state index contributed by atoms with van der Waals surface area (Å²) in [4.78, 5) is 34.4. The van der Waals surface area contributed by atoms with Crippen LogP contribution in [0, 0.1) is 0 Å². The van der Waals surface area contributed by atoms with E-state index < -0.39 is 17.8 Å². The number of hydrogen-bond donors (Lipinski definition) is 0. The van der Waals surface area contributed by atoms with Gasteiger partial charge in [-0.25, -0.2) is 4.79 Å². The molecule has 1 aliphatic rings. The lowest BCUT2D eigenvalue weighted by Gasteiger charge is -2.07. The third kappa shape index (κ3) is 0.886. The van der Waals surface area contributed by atoms with Crippen LogP contribution in [0.4, 0.5) is 4.79 Å². The topological polar surface area (TPSA) is 57.7 Å². The van der Waals surface area contributed by atoms with Crippen LogP contribution in [-0.2, 0) is 9.59 Å². The fourth-order valence-corrected chi connectivity index (χ4v) is 0.893. The number of imide groups is 2. The Balaban J connectivity index is 2.95. The third-order valence-corrected chi connectivity index (χ3v) is 1.57. The van der Waals surface area contributed by atoms with Gasteiger partial charge in [0.1, 0.15) is 0 Å². The summed E-state index contributed by atoms with van der Waals surface area (Å²) in [5.74, 6) is -1.49. The Kier molecular flexibility index (Phi) is 1.64. The zero-order chi connectivity index (χ0) is 8.59. The van der Waals surface area contributed by atoms with E-state index in [0.29, 0.717) is 0 Å². The van der Waals surface area contributed by atoms with Crippen LogP contribution >= 0.6 is 0 Å². The summed E-state index contributed by atoms with van der Waals surface area (Å²) in [6, 6.07) is -0.539. The predicted octanol–water partition coefficient (Wildman–Crippen LogP) is -0.573. The molecule has 4 amide bonds. The SMILES string of the molecule is CCN1C(=O)C(=O)N(C)C1=O. The molecule has 0 aromatic carbocycles. The Bertz CT molecular complexity index is 236. The van der Waals surface area contributed by atoms with E-state index in [2.05, 4.69) is 0 Å². The van der Waals surface area contributed by atoms with E-state index in [4.69, 9.17) is 0 Å². The van der Waals surface area contributed by atoms with Gasteiger partial charge < -0.3 is 0 Å². The molecule has 1 rings (SSSR count). The van der Waals surface area contributed by atoms with Gasteiger partial charge in [-0.2, -0.15) is 0 Å². The molecule has 1 saturated heterocycles. The molecule has 60 valence electrons. The van der Waals surface area contributed by atoms with Crippen molar-refractivity contribution in [3.8, 4) is 0 Å². The number of carbonyl (C=O) groups excluding carboxylic acids is 3. The number of urea groups is 1. The van der Waals surface area contributed by atoms with Gasteiger partial charge in [0.15, 0.2) is 0 Å². The second kappa shape index (κ2) is 2.34. The lowest BCUT2D eigenvalue weighted by Crippen LogP contribution is -2.31. The minimum atomic E-state index is -0.753. The summed E-state index contributed by atoms with van der Waals surface area (Å²) in [6.07, 6.45) is 0. The monoisotopic (exact) mass is 156 g/mol. The summed E-state index contributed by atoms with van der Waals surface area (Å²) in [7, 11) is 1.29. The summed E-state index contributed by atoms with van der Waals surface area (Å²) in [5.41, 5.74) is 0. The fourth-order valence-electron chi connectivity index (χ4n) is 0.893. The number of hydrogen-bond acceptors (Lipinski definition) is 3. The molecule has 0 unspecified atom stereocenters. The van der Waals surface area contributed by atoms with Gasteiger partial charge in [0, 0.05) is 13.6 Å². The van der Waals surface area contributed by atoms with E-state index >= 15 is 0 Å². The molecule has 0 saturated carbocycles. The van der Waals surface area contributed by atoms with Gasteiger partial charge in [0.05, 0.1) is 0 Å². The van der Waals surface area contributed by atoms with Gasteiger partial charge in [0.2, 0.25) is 0 Å². The second-order valence-corrected chi connectivity index (χ2v) is 2.20. The Morgan fingerprint density at radius 2 is 1.73 bits per heavy atom. The predicted molar refractivity (Wildman–Crippen MR) is 35.6 cm³/mol. The summed E-state index contributed by atoms with van der Waals surface area (Å²) in [6.45, 7) is 1.88. The van der Waals surface area contributed by atoms with Crippen molar-refractivity contribution in [3.05, 3.63) is 0 Å². The number of rotatable bonds is 1. The number of amides is 4. The highest BCUT2D eigenvalue weighted by molar-refractivity contribution is 6.44. The van der Waals surface area contributed by atoms with Crippen LogP contribution in [0.5, 0.6) is 0 Å². The molecule has 0 radical (unpaired) electrons. The maximum atomic E-state index is 11.0. The molecule has 11 heavy (non-hydrogen) atoms. The van der Waals surface area contributed by atoms with Crippen LogP contribution in [0.15, 0.2) is 0 Å². The van der Waals surface area contributed by atoms with E-state index in [0.717, 1.165) is 9.80 Å². The van der Waals surface area contributed by atoms with Gasteiger partial charge in [-0.15, -0.1) is 0 Å². The first-order chi connectivity index (χ1) is 5.09. The minimum absolute atomic E-state index is 0.244. The lowest BCUT2D eigenvalue weighted by molar-refractivity contribution is -0.142. The molecular formula is C6H8N2O3. The Labute approximate surface area is 63.6 Å². The molecule has 0 atom stereocenters. The van der Waals surface area contributed by atoms with Crippen LogP contribution < -0.4 is 0 Å². The maximum Gasteiger partial charge on any atom is 0.333 e. The van der Waals surface area contributed by atoms with Crippen molar-refractivity contribution in [2.24, 2.45) is 0 Å². The lowest BCUT2D eigenvalue weighted by atomic mass is 10.5. The molecule has 0 aromatic heterocycles. The first-order valence-corrected chi connectivity index (χ1v) is 3.23. The van der Waals surface area contributed by atoms with Crippen molar-refractivity contribution in [2.45, 2.75) is 6.92 Å². The highest BCUT2D eigenvalue weighted by Crippen LogP contribution is 2.07. The van der Waals surface area contributed by atoms with Gasteiger partial charge in [-0.3, -0.25) is 19.4 Å². The zero-order valence-corrected chi connectivity index (χ0v) is 6.33. The molecule has 5 heteroatoms. The molecule has 0 aliphatic carbocycles. The Hall–Kier alpha value is -1.39. The van der Waals surface area contributed by atoms with Crippen molar-refractivity contribution in [2.75, 3.05) is 13.6 Å². The minimum Gasteiger partial charge on any atom is -0.263 e. The first-order valence-electron chi connectivity index (χ1n) is 3.23. The van der Waals surface area contributed by atoms with Crippen LogP contribution in [0.2, 0.25) is 0 Å². The van der Waals surface area contributed by atoms with Crippen LogP contribution in [0.3, 0.4) is 0 Å². The van der Waals surface area contributed by atoms with E-state index in [1.165, 1.54) is 7.05 Å². The normalized spacial score (nSPS) is 18.5. The van der Waals surface area contributed by atoms with Crippen molar-refractivity contribution in [1.82, 2.24) is 9.80 Å². The van der Waals surface area contributed by atoms with Crippen molar-refractivity contribution < 1.29 is 14.4 Å². The molecular weight excluding hydrogens is 148 g/mol.